The van der Waals surface area contributed by atoms with Gasteiger partial charge < -0.3 is 9.84 Å². The number of rotatable bonds is 4. The van der Waals surface area contributed by atoms with Gasteiger partial charge in [0.2, 0.25) is 5.82 Å². The van der Waals surface area contributed by atoms with Crippen molar-refractivity contribution in [2.24, 2.45) is 0 Å². The molecule has 0 unspecified atom stereocenters. The Hall–Kier alpha value is -2.02. The smallest absolute Gasteiger partial charge is 0.339 e. The van der Waals surface area contributed by atoms with E-state index in [9.17, 15) is 9.18 Å². The minimum atomic E-state index is -1.17. The van der Waals surface area contributed by atoms with Crippen LogP contribution < -0.4 is 4.74 Å². The van der Waals surface area contributed by atoms with E-state index in [2.05, 4.69) is 25.9 Å². The standard InChI is InChI=1S/C13H10BrFN2O3/c1-2-9-11(15)12(17-6-16-9)20-10-4-3-7(14)5-8(10)13(18)19/h3-6H,2H2,1H3,(H,18,19). The molecule has 0 fully saturated rings. The monoisotopic (exact) mass is 340 g/mol. The number of ether oxygens (including phenoxy) is 1. The molecule has 0 saturated heterocycles. The highest BCUT2D eigenvalue weighted by Gasteiger charge is 2.17. The Balaban J connectivity index is 2.42. The molecule has 1 N–H and O–H groups in total. The van der Waals surface area contributed by atoms with Gasteiger partial charge in [0.15, 0.2) is 0 Å². The van der Waals surface area contributed by atoms with Crippen LogP contribution in [-0.2, 0) is 6.42 Å². The summed E-state index contributed by atoms with van der Waals surface area (Å²) in [5, 5.41) is 9.11. The van der Waals surface area contributed by atoms with E-state index in [1.807, 2.05) is 0 Å². The van der Waals surface area contributed by atoms with Crippen LogP contribution in [0.5, 0.6) is 11.6 Å². The van der Waals surface area contributed by atoms with Crippen molar-refractivity contribution < 1.29 is 19.0 Å². The third-order valence-electron chi connectivity index (χ3n) is 2.54. The fraction of sp³-hybridized carbons (Fsp3) is 0.154. The lowest BCUT2D eigenvalue weighted by Gasteiger charge is -2.09. The maximum absolute atomic E-state index is 14.0. The number of aromatic nitrogens is 2. The van der Waals surface area contributed by atoms with Crippen LogP contribution in [0.1, 0.15) is 23.0 Å². The Morgan fingerprint density at radius 1 is 1.45 bits per heavy atom. The minimum absolute atomic E-state index is 0.0142. The largest absolute Gasteiger partial charge is 0.478 e. The van der Waals surface area contributed by atoms with Crippen LogP contribution in [0.3, 0.4) is 0 Å². The summed E-state index contributed by atoms with van der Waals surface area (Å²) >= 11 is 3.17. The van der Waals surface area contributed by atoms with Gasteiger partial charge in [-0.25, -0.2) is 9.78 Å². The average molecular weight is 341 g/mol. The van der Waals surface area contributed by atoms with E-state index < -0.39 is 11.8 Å². The van der Waals surface area contributed by atoms with E-state index in [0.717, 1.165) is 0 Å². The van der Waals surface area contributed by atoms with Crippen molar-refractivity contribution in [3.8, 4) is 11.6 Å². The minimum Gasteiger partial charge on any atom is -0.478 e. The predicted molar refractivity (Wildman–Crippen MR) is 72.5 cm³/mol. The molecule has 1 aromatic carbocycles. The third-order valence-corrected chi connectivity index (χ3v) is 3.04. The van der Waals surface area contributed by atoms with Gasteiger partial charge >= 0.3 is 5.97 Å². The van der Waals surface area contributed by atoms with Crippen LogP contribution in [-0.4, -0.2) is 21.0 Å². The van der Waals surface area contributed by atoms with Crippen LogP contribution in [0.2, 0.25) is 0 Å². The molecule has 1 aromatic heterocycles. The van der Waals surface area contributed by atoms with E-state index in [-0.39, 0.29) is 22.9 Å². The summed E-state index contributed by atoms with van der Waals surface area (Å²) in [6, 6.07) is 4.40. The molecule has 0 spiro atoms. The van der Waals surface area contributed by atoms with Gasteiger partial charge in [-0.3, -0.25) is 0 Å². The van der Waals surface area contributed by atoms with Crippen LogP contribution in [0.4, 0.5) is 4.39 Å². The molecule has 5 nitrogen and oxygen atoms in total. The number of aromatic carboxylic acids is 1. The quantitative estimate of drug-likeness (QED) is 0.922. The van der Waals surface area contributed by atoms with Crippen LogP contribution >= 0.6 is 15.9 Å². The highest BCUT2D eigenvalue weighted by atomic mass is 79.9. The zero-order valence-corrected chi connectivity index (χ0v) is 12.0. The summed E-state index contributed by atoms with van der Waals surface area (Å²) in [7, 11) is 0. The summed E-state index contributed by atoms with van der Waals surface area (Å²) in [5.41, 5.74) is 0.124. The number of carbonyl (C=O) groups is 1. The number of hydrogen-bond acceptors (Lipinski definition) is 4. The van der Waals surface area contributed by atoms with Crippen molar-refractivity contribution in [3.05, 3.63) is 46.1 Å². The van der Waals surface area contributed by atoms with Crippen LogP contribution in [0.15, 0.2) is 29.0 Å². The van der Waals surface area contributed by atoms with Gasteiger partial charge in [-0.2, -0.15) is 9.37 Å². The first-order valence-corrected chi connectivity index (χ1v) is 6.52. The summed E-state index contributed by atoms with van der Waals surface area (Å²) in [6.45, 7) is 1.75. The van der Waals surface area contributed by atoms with Gasteiger partial charge in [0.05, 0.1) is 5.69 Å². The van der Waals surface area contributed by atoms with Gasteiger partial charge in [-0.05, 0) is 24.6 Å². The van der Waals surface area contributed by atoms with E-state index in [1.165, 1.54) is 18.5 Å². The molecular formula is C13H10BrFN2O3. The lowest BCUT2D eigenvalue weighted by molar-refractivity contribution is 0.0694. The molecular weight excluding hydrogens is 331 g/mol. The number of carboxylic acids is 1. The van der Waals surface area contributed by atoms with Gasteiger partial charge in [0.25, 0.3) is 5.88 Å². The van der Waals surface area contributed by atoms with E-state index >= 15 is 0 Å². The zero-order valence-electron chi connectivity index (χ0n) is 10.4. The molecule has 0 aliphatic rings. The fourth-order valence-corrected chi connectivity index (χ4v) is 1.93. The second kappa shape index (κ2) is 5.96. The average Bonchev–Trinajstić information content (AvgIpc) is 2.42. The van der Waals surface area contributed by atoms with E-state index in [1.54, 1.807) is 13.0 Å². The first-order valence-electron chi connectivity index (χ1n) is 5.73. The number of halogens is 2. The molecule has 1 heterocycles. The SMILES string of the molecule is CCc1ncnc(Oc2ccc(Br)cc2C(=O)O)c1F. The predicted octanol–water partition coefficient (Wildman–Crippen LogP) is 3.43. The molecule has 2 aromatic rings. The second-order valence-corrected chi connectivity index (χ2v) is 4.76. The van der Waals surface area contributed by atoms with E-state index in [4.69, 9.17) is 9.84 Å². The molecule has 0 amide bonds. The molecule has 20 heavy (non-hydrogen) atoms. The van der Waals surface area contributed by atoms with Crippen molar-refractivity contribution >= 4 is 21.9 Å². The normalized spacial score (nSPS) is 10.3. The lowest BCUT2D eigenvalue weighted by Crippen LogP contribution is -2.03. The molecule has 0 aliphatic heterocycles. The zero-order chi connectivity index (χ0) is 14.7. The van der Waals surface area contributed by atoms with Gasteiger partial charge in [-0.15, -0.1) is 0 Å². The van der Waals surface area contributed by atoms with Crippen molar-refractivity contribution in [1.82, 2.24) is 9.97 Å². The molecule has 0 aliphatic carbocycles. The molecule has 0 radical (unpaired) electrons. The number of nitrogens with zero attached hydrogens (tertiary/aromatic N) is 2. The topological polar surface area (TPSA) is 72.3 Å². The van der Waals surface area contributed by atoms with Crippen molar-refractivity contribution in [3.63, 3.8) is 0 Å². The number of hydrogen-bond donors (Lipinski definition) is 1. The molecule has 0 bridgehead atoms. The molecule has 7 heteroatoms. The third kappa shape index (κ3) is 2.93. The van der Waals surface area contributed by atoms with Crippen molar-refractivity contribution in [1.29, 1.82) is 0 Å². The van der Waals surface area contributed by atoms with Crippen molar-refractivity contribution in [2.45, 2.75) is 13.3 Å². The summed E-state index contributed by atoms with van der Waals surface area (Å²) in [5.74, 6) is -2.14. The van der Waals surface area contributed by atoms with E-state index in [0.29, 0.717) is 10.9 Å². The Morgan fingerprint density at radius 2 is 2.20 bits per heavy atom. The number of aryl methyl sites for hydroxylation is 1. The van der Waals surface area contributed by atoms with Gasteiger partial charge in [-0.1, -0.05) is 22.9 Å². The molecule has 0 saturated carbocycles. The Morgan fingerprint density at radius 3 is 2.85 bits per heavy atom. The number of carboxylic acid groups (broad SMARTS) is 1. The van der Waals surface area contributed by atoms with Crippen LogP contribution in [0, 0.1) is 5.82 Å². The first kappa shape index (κ1) is 14.4. The summed E-state index contributed by atoms with van der Waals surface area (Å²) in [6.07, 6.45) is 1.56. The number of benzene rings is 1. The maximum Gasteiger partial charge on any atom is 0.339 e. The highest BCUT2D eigenvalue weighted by Crippen LogP contribution is 2.29. The Kier molecular flexibility index (Phi) is 4.29. The van der Waals surface area contributed by atoms with Crippen LogP contribution in [0.25, 0.3) is 0 Å². The maximum atomic E-state index is 14.0. The molecule has 104 valence electrons. The van der Waals surface area contributed by atoms with Gasteiger partial charge in [0.1, 0.15) is 17.6 Å². The second-order valence-electron chi connectivity index (χ2n) is 3.84. The highest BCUT2D eigenvalue weighted by molar-refractivity contribution is 9.10. The van der Waals surface area contributed by atoms with Gasteiger partial charge in [0, 0.05) is 4.47 Å². The summed E-state index contributed by atoms with van der Waals surface area (Å²) < 4.78 is 19.8. The summed E-state index contributed by atoms with van der Waals surface area (Å²) in [4.78, 5) is 18.6. The Labute approximate surface area is 122 Å². The molecule has 0 atom stereocenters. The first-order chi connectivity index (χ1) is 9.52. The Bertz CT molecular complexity index is 664. The lowest BCUT2D eigenvalue weighted by atomic mass is 10.2. The fourth-order valence-electron chi connectivity index (χ4n) is 1.57. The van der Waals surface area contributed by atoms with Crippen molar-refractivity contribution in [2.75, 3.05) is 0 Å². The molecule has 2 rings (SSSR count).